The van der Waals surface area contributed by atoms with Gasteiger partial charge in [0.05, 0.1) is 17.9 Å². The zero-order chi connectivity index (χ0) is 15.9. The quantitative estimate of drug-likeness (QED) is 0.669. The largest absolute Gasteiger partial charge is 0.482 e. The van der Waals surface area contributed by atoms with Crippen molar-refractivity contribution < 1.29 is 14.3 Å². The molecule has 0 atom stereocenters. The molecule has 0 aliphatic heterocycles. The molecule has 1 aromatic heterocycles. The number of rotatable bonds is 6. The average Bonchev–Trinajstić information content (AvgIpc) is 2.52. The molecule has 114 valence electrons. The maximum Gasteiger partial charge on any atom is 0.255 e. The molecule has 2 rings (SSSR count). The molecule has 0 aliphatic rings. The van der Waals surface area contributed by atoms with Crippen molar-refractivity contribution in [2.45, 2.75) is 6.54 Å². The Hall–Kier alpha value is -3.09. The molecule has 0 fully saturated rings. The van der Waals surface area contributed by atoms with Gasteiger partial charge < -0.3 is 21.5 Å². The molecule has 0 spiro atoms. The maximum absolute atomic E-state index is 12.1. The Morgan fingerprint density at radius 2 is 2.05 bits per heavy atom. The van der Waals surface area contributed by atoms with Crippen molar-refractivity contribution in [1.82, 2.24) is 10.3 Å². The normalized spacial score (nSPS) is 10.0. The lowest BCUT2D eigenvalue weighted by molar-refractivity contribution is -0.119. The molecule has 1 heterocycles. The summed E-state index contributed by atoms with van der Waals surface area (Å²) < 4.78 is 5.16. The molecule has 2 amide bonds. The molecular formula is C15H16N4O3. The van der Waals surface area contributed by atoms with E-state index in [9.17, 15) is 9.59 Å². The highest BCUT2D eigenvalue weighted by Gasteiger charge is 2.10. The predicted molar refractivity (Wildman–Crippen MR) is 81.0 cm³/mol. The summed E-state index contributed by atoms with van der Waals surface area (Å²) in [6, 6.07) is 10.0. The summed E-state index contributed by atoms with van der Waals surface area (Å²) in [5, 5.41) is 2.74. The molecule has 0 aliphatic carbocycles. The third kappa shape index (κ3) is 4.20. The molecule has 0 saturated carbocycles. The first-order chi connectivity index (χ1) is 10.6. The molecule has 2 aromatic rings. The van der Waals surface area contributed by atoms with Crippen LogP contribution in [0, 0.1) is 0 Å². The minimum absolute atomic E-state index is 0.240. The summed E-state index contributed by atoms with van der Waals surface area (Å²) in [5.74, 6) is -0.678. The maximum atomic E-state index is 12.1. The molecule has 0 saturated heterocycles. The number of benzene rings is 1. The van der Waals surface area contributed by atoms with Crippen molar-refractivity contribution >= 4 is 17.5 Å². The molecule has 1 aromatic carbocycles. The number of nitrogens with zero attached hydrogens (tertiary/aromatic N) is 1. The number of anilines is 1. The first-order valence-electron chi connectivity index (χ1n) is 6.55. The van der Waals surface area contributed by atoms with Crippen LogP contribution < -0.4 is 21.5 Å². The minimum Gasteiger partial charge on any atom is -0.482 e. The van der Waals surface area contributed by atoms with E-state index in [1.54, 1.807) is 18.3 Å². The van der Waals surface area contributed by atoms with E-state index in [-0.39, 0.29) is 18.3 Å². The van der Waals surface area contributed by atoms with Crippen LogP contribution in [0.1, 0.15) is 16.1 Å². The van der Waals surface area contributed by atoms with Gasteiger partial charge in [0.2, 0.25) is 0 Å². The Labute approximate surface area is 127 Å². The van der Waals surface area contributed by atoms with Gasteiger partial charge >= 0.3 is 0 Å². The zero-order valence-electron chi connectivity index (χ0n) is 11.8. The second kappa shape index (κ2) is 7.07. The van der Waals surface area contributed by atoms with E-state index in [0.29, 0.717) is 17.8 Å². The van der Waals surface area contributed by atoms with Crippen molar-refractivity contribution in [3.8, 4) is 5.75 Å². The fourth-order valence-corrected chi connectivity index (χ4v) is 1.73. The number of nitrogens with one attached hydrogen (secondary N) is 1. The lowest BCUT2D eigenvalue weighted by Crippen LogP contribution is -2.24. The molecular weight excluding hydrogens is 284 g/mol. The summed E-state index contributed by atoms with van der Waals surface area (Å²) in [6.45, 7) is 0.00470. The van der Waals surface area contributed by atoms with E-state index in [0.717, 1.165) is 5.69 Å². The van der Waals surface area contributed by atoms with E-state index in [1.165, 1.54) is 12.1 Å². The number of aromatic nitrogens is 1. The van der Waals surface area contributed by atoms with Crippen LogP contribution in [-0.4, -0.2) is 23.4 Å². The van der Waals surface area contributed by atoms with Crippen molar-refractivity contribution in [2.75, 3.05) is 12.3 Å². The highest BCUT2D eigenvalue weighted by atomic mass is 16.5. The predicted octanol–water partition coefficient (Wildman–Crippen LogP) is 0.458. The van der Waals surface area contributed by atoms with Crippen LogP contribution >= 0.6 is 0 Å². The lowest BCUT2D eigenvalue weighted by atomic mass is 10.1. The fourth-order valence-electron chi connectivity index (χ4n) is 1.73. The number of hydrogen-bond donors (Lipinski definition) is 3. The van der Waals surface area contributed by atoms with Gasteiger partial charge in [-0.1, -0.05) is 6.07 Å². The van der Waals surface area contributed by atoms with Gasteiger partial charge in [-0.3, -0.25) is 14.6 Å². The lowest BCUT2D eigenvalue weighted by Gasteiger charge is -2.10. The third-order valence-corrected chi connectivity index (χ3v) is 2.80. The average molecular weight is 300 g/mol. The minimum atomic E-state index is -0.621. The molecule has 0 radical (unpaired) electrons. The van der Waals surface area contributed by atoms with E-state index < -0.39 is 5.91 Å². The van der Waals surface area contributed by atoms with Crippen LogP contribution in [0.2, 0.25) is 0 Å². The Bertz CT molecular complexity index is 674. The van der Waals surface area contributed by atoms with Crippen LogP contribution in [0.3, 0.4) is 0 Å². The number of hydrogen-bond acceptors (Lipinski definition) is 5. The number of ether oxygens (including phenoxy) is 1. The highest BCUT2D eigenvalue weighted by Crippen LogP contribution is 2.22. The fraction of sp³-hybridized carbons (Fsp3) is 0.133. The molecule has 5 N–H and O–H groups in total. The second-order valence-corrected chi connectivity index (χ2v) is 4.51. The van der Waals surface area contributed by atoms with Crippen LogP contribution in [0.25, 0.3) is 0 Å². The van der Waals surface area contributed by atoms with Gasteiger partial charge in [0.15, 0.2) is 6.61 Å². The summed E-state index contributed by atoms with van der Waals surface area (Å²) in [7, 11) is 0. The van der Waals surface area contributed by atoms with Gasteiger partial charge in [-0.15, -0.1) is 0 Å². The number of primary amides is 1. The van der Waals surface area contributed by atoms with Crippen LogP contribution in [0.4, 0.5) is 5.69 Å². The zero-order valence-corrected chi connectivity index (χ0v) is 11.8. The number of pyridine rings is 1. The van der Waals surface area contributed by atoms with Gasteiger partial charge in [0.1, 0.15) is 5.75 Å². The number of amides is 2. The Balaban J connectivity index is 2.03. The first kappa shape index (κ1) is 15.3. The Kier molecular flexibility index (Phi) is 4.92. The summed E-state index contributed by atoms with van der Waals surface area (Å²) in [6.07, 6.45) is 1.65. The Morgan fingerprint density at radius 1 is 1.23 bits per heavy atom. The number of nitrogens with two attached hydrogens (primary N) is 2. The summed E-state index contributed by atoms with van der Waals surface area (Å²) in [5.41, 5.74) is 12.2. The van der Waals surface area contributed by atoms with Crippen LogP contribution in [0.15, 0.2) is 42.6 Å². The van der Waals surface area contributed by atoms with Gasteiger partial charge in [0, 0.05) is 11.8 Å². The topological polar surface area (TPSA) is 120 Å². The van der Waals surface area contributed by atoms with Gasteiger partial charge in [-0.05, 0) is 30.3 Å². The van der Waals surface area contributed by atoms with Crippen molar-refractivity contribution in [1.29, 1.82) is 0 Å². The van der Waals surface area contributed by atoms with Crippen LogP contribution in [-0.2, 0) is 11.3 Å². The van der Waals surface area contributed by atoms with E-state index >= 15 is 0 Å². The van der Waals surface area contributed by atoms with Crippen molar-refractivity contribution in [3.05, 3.63) is 53.9 Å². The van der Waals surface area contributed by atoms with Gasteiger partial charge in [-0.2, -0.15) is 0 Å². The molecule has 7 nitrogen and oxygen atoms in total. The highest BCUT2D eigenvalue weighted by molar-refractivity contribution is 5.95. The second-order valence-electron chi connectivity index (χ2n) is 4.51. The summed E-state index contributed by atoms with van der Waals surface area (Å²) >= 11 is 0. The Morgan fingerprint density at radius 3 is 2.73 bits per heavy atom. The molecule has 0 unspecified atom stereocenters. The number of carbonyl (C=O) groups is 2. The monoisotopic (exact) mass is 300 g/mol. The van der Waals surface area contributed by atoms with Crippen molar-refractivity contribution in [2.24, 2.45) is 5.73 Å². The van der Waals surface area contributed by atoms with E-state index in [4.69, 9.17) is 16.2 Å². The smallest absolute Gasteiger partial charge is 0.255 e. The standard InChI is InChI=1S/C15H16N4O3/c16-12-5-4-10(7-13(12)22-9-14(17)20)15(21)19-8-11-3-1-2-6-18-11/h1-7H,8-9,16H2,(H2,17,20)(H,19,21). The van der Waals surface area contributed by atoms with Crippen LogP contribution in [0.5, 0.6) is 5.75 Å². The third-order valence-electron chi connectivity index (χ3n) is 2.80. The molecule has 7 heteroatoms. The summed E-state index contributed by atoms with van der Waals surface area (Å²) in [4.78, 5) is 26.9. The number of nitrogen functional groups attached to an aromatic ring is 1. The molecule has 22 heavy (non-hydrogen) atoms. The SMILES string of the molecule is NC(=O)COc1cc(C(=O)NCc2ccccn2)ccc1N. The van der Waals surface area contributed by atoms with Crippen molar-refractivity contribution in [3.63, 3.8) is 0 Å². The van der Waals surface area contributed by atoms with E-state index in [1.807, 2.05) is 12.1 Å². The van der Waals surface area contributed by atoms with Gasteiger partial charge in [0.25, 0.3) is 11.8 Å². The first-order valence-corrected chi connectivity index (χ1v) is 6.55. The number of carbonyl (C=O) groups excluding carboxylic acids is 2. The molecule has 0 bridgehead atoms. The van der Waals surface area contributed by atoms with Gasteiger partial charge in [-0.25, -0.2) is 0 Å². The van der Waals surface area contributed by atoms with E-state index in [2.05, 4.69) is 10.3 Å².